The number of carbonyl (C=O) groups is 3. The largest absolute Gasteiger partial charge is 0.488 e. The van der Waals surface area contributed by atoms with Crippen LogP contribution in [-0.4, -0.2) is 60.9 Å². The van der Waals surface area contributed by atoms with Crippen LogP contribution in [0.2, 0.25) is 5.02 Å². The summed E-state index contributed by atoms with van der Waals surface area (Å²) in [5.41, 5.74) is 2.61. The molecule has 1 aliphatic heterocycles. The first-order valence-corrected chi connectivity index (χ1v) is 19.9. The average molecular weight is 862 g/mol. The Hall–Kier alpha value is -5.77. The van der Waals surface area contributed by atoms with Gasteiger partial charge in [0.1, 0.15) is 35.6 Å². The summed E-state index contributed by atoms with van der Waals surface area (Å²) in [7, 11) is -4.68. The number of nitrogens with one attached hydrogen (secondary N) is 2. The maximum absolute atomic E-state index is 14.1. The van der Waals surface area contributed by atoms with Gasteiger partial charge in [0, 0.05) is 23.4 Å². The number of sulfonamides is 1. The van der Waals surface area contributed by atoms with Gasteiger partial charge in [-0.3, -0.25) is 24.6 Å². The van der Waals surface area contributed by atoms with E-state index in [1.807, 2.05) is 53.3 Å². The summed E-state index contributed by atoms with van der Waals surface area (Å²) >= 11 is 9.22. The minimum Gasteiger partial charge on any atom is -0.488 e. The van der Waals surface area contributed by atoms with Gasteiger partial charge in [0.15, 0.2) is 0 Å². The predicted octanol–water partition coefficient (Wildman–Crippen LogP) is 7.07. The van der Waals surface area contributed by atoms with Crippen LogP contribution in [0.25, 0.3) is 11.1 Å². The van der Waals surface area contributed by atoms with Crippen LogP contribution in [0, 0.1) is 10.1 Å². The Morgan fingerprint density at radius 1 is 0.875 bits per heavy atom. The Balaban J connectivity index is 1.23. The highest BCUT2D eigenvalue weighted by atomic mass is 79.9. The molecule has 288 valence electrons. The molecule has 0 aliphatic carbocycles. The zero-order chi connectivity index (χ0) is 39.8. The molecular weight excluding hydrogens is 828 g/mol. The molecule has 1 heterocycles. The molecule has 5 aromatic rings. The molecular formula is C40H34BrClN4O9S. The molecule has 0 bridgehead atoms. The number of nitro groups is 1. The molecule has 16 heteroatoms. The number of halogens is 2. The molecule has 3 atom stereocenters. The SMILES string of the molecule is O=C(NS(=O)(=O)c1ccc(Cl)c([N+](=O)[O-])c1)[C@H](Cc1ccc(Br)cc1)NC(=O)[C@@H]1C[C@H](Oc2ccc(-c3ccccc3)cc2)CN1C(=O)OCc1ccccc1. The zero-order valence-electron chi connectivity index (χ0n) is 29.4. The smallest absolute Gasteiger partial charge is 0.410 e. The molecule has 5 aromatic carbocycles. The van der Waals surface area contributed by atoms with E-state index < -0.39 is 61.6 Å². The minimum atomic E-state index is -4.68. The quantitative estimate of drug-likeness (QED) is 0.0928. The van der Waals surface area contributed by atoms with Crippen LogP contribution in [0.5, 0.6) is 5.75 Å². The first kappa shape index (κ1) is 39.9. The summed E-state index contributed by atoms with van der Waals surface area (Å²) in [5, 5.41) is 13.8. The second-order valence-electron chi connectivity index (χ2n) is 12.8. The van der Waals surface area contributed by atoms with E-state index >= 15 is 0 Å². The summed E-state index contributed by atoms with van der Waals surface area (Å²) in [4.78, 5) is 52.7. The number of nitrogens with zero attached hydrogens (tertiary/aromatic N) is 2. The van der Waals surface area contributed by atoms with Crippen molar-refractivity contribution in [1.82, 2.24) is 14.9 Å². The van der Waals surface area contributed by atoms with Crippen molar-refractivity contribution >= 4 is 61.1 Å². The molecule has 56 heavy (non-hydrogen) atoms. The van der Waals surface area contributed by atoms with Crippen LogP contribution in [0.1, 0.15) is 17.5 Å². The first-order chi connectivity index (χ1) is 26.9. The van der Waals surface area contributed by atoms with Gasteiger partial charge < -0.3 is 14.8 Å². The Morgan fingerprint density at radius 2 is 1.52 bits per heavy atom. The van der Waals surface area contributed by atoms with Crippen molar-refractivity contribution in [2.24, 2.45) is 0 Å². The molecule has 0 unspecified atom stereocenters. The lowest BCUT2D eigenvalue weighted by Gasteiger charge is -2.25. The zero-order valence-corrected chi connectivity index (χ0v) is 32.6. The van der Waals surface area contributed by atoms with E-state index in [0.29, 0.717) is 11.3 Å². The van der Waals surface area contributed by atoms with E-state index in [-0.39, 0.29) is 31.0 Å². The standard InChI is InChI=1S/C40H34BrClN4O9S/c41-30-15-11-26(12-16-30)21-35(38(47)44-56(52,53)33-19-20-34(42)36(23-33)46(50)51)43-39(48)37-22-32(24-45(37)40(49)54-25-27-7-3-1-4-8-27)55-31-17-13-29(14-18-31)28-9-5-2-6-10-28/h1-20,23,32,35,37H,21-22,24-25H2,(H,43,48)(H,44,47)/t32-,35-,37-/m0/s1. The second kappa shape index (κ2) is 17.8. The molecule has 0 radical (unpaired) electrons. The van der Waals surface area contributed by atoms with Gasteiger partial charge in [-0.1, -0.05) is 112 Å². The number of likely N-dealkylation sites (tertiary alicyclic amines) is 1. The lowest BCUT2D eigenvalue weighted by Crippen LogP contribution is -2.54. The normalized spacial score (nSPS) is 15.7. The van der Waals surface area contributed by atoms with Gasteiger partial charge in [0.2, 0.25) is 5.91 Å². The minimum absolute atomic E-state index is 0.0199. The third-order valence-corrected chi connectivity index (χ3v) is 11.1. The van der Waals surface area contributed by atoms with Gasteiger partial charge in [-0.25, -0.2) is 17.9 Å². The number of nitro benzene ring substituents is 1. The Kier molecular flexibility index (Phi) is 12.7. The number of amides is 3. The number of hydrogen-bond donors (Lipinski definition) is 2. The van der Waals surface area contributed by atoms with Crippen molar-refractivity contribution < 1.29 is 37.2 Å². The van der Waals surface area contributed by atoms with Crippen molar-refractivity contribution in [2.75, 3.05) is 6.54 Å². The highest BCUT2D eigenvalue weighted by Gasteiger charge is 2.43. The van der Waals surface area contributed by atoms with E-state index in [1.54, 1.807) is 60.7 Å². The maximum atomic E-state index is 14.1. The van der Waals surface area contributed by atoms with Crippen molar-refractivity contribution in [3.63, 3.8) is 0 Å². The fraction of sp³-hybridized carbons (Fsp3) is 0.175. The van der Waals surface area contributed by atoms with E-state index in [4.69, 9.17) is 21.1 Å². The van der Waals surface area contributed by atoms with Gasteiger partial charge in [-0.2, -0.15) is 0 Å². The monoisotopic (exact) mass is 860 g/mol. The molecule has 3 amide bonds. The fourth-order valence-corrected chi connectivity index (χ4v) is 7.57. The summed E-state index contributed by atoms with van der Waals surface area (Å²) in [6, 6.07) is 33.1. The molecule has 2 N–H and O–H groups in total. The van der Waals surface area contributed by atoms with E-state index in [0.717, 1.165) is 39.4 Å². The van der Waals surface area contributed by atoms with E-state index in [2.05, 4.69) is 21.2 Å². The lowest BCUT2D eigenvalue weighted by molar-refractivity contribution is -0.384. The molecule has 0 saturated carbocycles. The van der Waals surface area contributed by atoms with E-state index in [1.165, 1.54) is 4.90 Å². The van der Waals surface area contributed by atoms with Crippen LogP contribution < -0.4 is 14.8 Å². The number of carbonyl (C=O) groups excluding carboxylic acids is 3. The molecule has 1 aliphatic rings. The van der Waals surface area contributed by atoms with E-state index in [9.17, 15) is 32.9 Å². The van der Waals surface area contributed by atoms with Crippen molar-refractivity contribution in [2.45, 2.75) is 42.5 Å². The fourth-order valence-electron chi connectivity index (χ4n) is 6.08. The highest BCUT2D eigenvalue weighted by Crippen LogP contribution is 2.29. The third-order valence-electron chi connectivity index (χ3n) is 8.91. The molecule has 1 fully saturated rings. The van der Waals surface area contributed by atoms with Crippen LogP contribution in [0.4, 0.5) is 10.5 Å². The van der Waals surface area contributed by atoms with Crippen molar-refractivity contribution in [1.29, 1.82) is 0 Å². The Labute approximate surface area is 335 Å². The van der Waals surface area contributed by atoms with Crippen LogP contribution in [0.15, 0.2) is 137 Å². The summed E-state index contributed by atoms with van der Waals surface area (Å²) in [5.74, 6) is -1.38. The molecule has 0 spiro atoms. The summed E-state index contributed by atoms with van der Waals surface area (Å²) in [6.07, 6.45) is -1.58. The van der Waals surface area contributed by atoms with Crippen LogP contribution in [0.3, 0.4) is 0 Å². The summed E-state index contributed by atoms with van der Waals surface area (Å²) < 4.78 is 41.2. The van der Waals surface area contributed by atoms with Crippen LogP contribution in [-0.2, 0) is 37.4 Å². The Bertz CT molecular complexity index is 2320. The molecule has 1 saturated heterocycles. The van der Waals surface area contributed by atoms with Gasteiger partial charge >= 0.3 is 6.09 Å². The molecule has 6 rings (SSSR count). The van der Waals surface area contributed by atoms with Gasteiger partial charge in [-0.15, -0.1) is 0 Å². The predicted molar refractivity (Wildman–Crippen MR) is 211 cm³/mol. The number of ether oxygens (including phenoxy) is 2. The highest BCUT2D eigenvalue weighted by molar-refractivity contribution is 9.10. The summed E-state index contributed by atoms with van der Waals surface area (Å²) in [6.45, 7) is -0.0915. The average Bonchev–Trinajstić information content (AvgIpc) is 3.62. The van der Waals surface area contributed by atoms with Gasteiger partial charge in [-0.05, 0) is 58.7 Å². The molecule has 0 aromatic heterocycles. The maximum Gasteiger partial charge on any atom is 0.410 e. The van der Waals surface area contributed by atoms with Crippen molar-refractivity contribution in [3.05, 3.63) is 158 Å². The van der Waals surface area contributed by atoms with Crippen LogP contribution >= 0.6 is 27.5 Å². The molecule has 13 nitrogen and oxygen atoms in total. The number of rotatable bonds is 13. The Morgan fingerprint density at radius 3 is 2.18 bits per heavy atom. The van der Waals surface area contributed by atoms with Crippen molar-refractivity contribution in [3.8, 4) is 16.9 Å². The second-order valence-corrected chi connectivity index (χ2v) is 15.8. The first-order valence-electron chi connectivity index (χ1n) is 17.2. The third kappa shape index (κ3) is 10.1. The lowest BCUT2D eigenvalue weighted by atomic mass is 10.0. The number of benzene rings is 5. The van der Waals surface area contributed by atoms with Gasteiger partial charge in [0.25, 0.3) is 21.6 Å². The number of hydrogen-bond acceptors (Lipinski definition) is 9. The topological polar surface area (TPSA) is 174 Å². The van der Waals surface area contributed by atoms with Gasteiger partial charge in [0.05, 0.1) is 16.4 Å².